The van der Waals surface area contributed by atoms with E-state index in [4.69, 9.17) is 16.3 Å². The molecule has 0 unspecified atom stereocenters. The average molecular weight is 348 g/mol. The number of hydrogen-bond acceptors (Lipinski definition) is 2. The van der Waals surface area contributed by atoms with E-state index in [1.165, 1.54) is 0 Å². The Kier molecular flexibility index (Phi) is 4.71. The zero-order valence-electron chi connectivity index (χ0n) is 10.8. The summed E-state index contributed by atoms with van der Waals surface area (Å²) in [6.07, 6.45) is 0.102. The molecule has 1 fully saturated rings. The number of ether oxygens (including phenoxy) is 1. The van der Waals surface area contributed by atoms with E-state index >= 15 is 0 Å². The van der Waals surface area contributed by atoms with E-state index in [1.54, 1.807) is 17.0 Å². The van der Waals surface area contributed by atoms with E-state index < -0.39 is 0 Å². The van der Waals surface area contributed by atoms with Gasteiger partial charge in [-0.1, -0.05) is 27.5 Å². The van der Waals surface area contributed by atoms with E-state index in [2.05, 4.69) is 21.2 Å². The van der Waals surface area contributed by atoms with Crippen molar-refractivity contribution in [3.8, 4) is 0 Å². The lowest BCUT2D eigenvalue weighted by molar-refractivity contribution is -0.0530. The number of hydrogen-bond donors (Lipinski definition) is 1. The molecule has 6 heteroatoms. The van der Waals surface area contributed by atoms with Crippen molar-refractivity contribution in [2.45, 2.75) is 26.1 Å². The van der Waals surface area contributed by atoms with Crippen LogP contribution in [0.3, 0.4) is 0 Å². The van der Waals surface area contributed by atoms with Crippen molar-refractivity contribution in [1.82, 2.24) is 4.90 Å². The minimum absolute atomic E-state index is 0.0508. The van der Waals surface area contributed by atoms with Crippen LogP contribution in [0.1, 0.15) is 13.8 Å². The third-order valence-corrected chi connectivity index (χ3v) is 3.69. The molecule has 2 rings (SSSR count). The standard InChI is InChI=1S/C13H16BrClN2O2/c1-8-6-17(7-9(2)19-8)13(18)16-12-4-3-10(14)5-11(12)15/h3-5,8-9H,6-7H2,1-2H3,(H,16,18)/t8-,9-/m1/s1. The maximum absolute atomic E-state index is 12.2. The Labute approximate surface area is 126 Å². The summed E-state index contributed by atoms with van der Waals surface area (Å²) in [6.45, 7) is 5.10. The molecule has 1 aliphatic rings. The minimum Gasteiger partial charge on any atom is -0.372 e. The molecule has 1 aromatic rings. The monoisotopic (exact) mass is 346 g/mol. The van der Waals surface area contributed by atoms with E-state index in [0.29, 0.717) is 23.8 Å². The molecule has 2 amide bonds. The molecule has 0 aromatic heterocycles. The van der Waals surface area contributed by atoms with Gasteiger partial charge in [0.05, 0.1) is 22.9 Å². The van der Waals surface area contributed by atoms with Crippen molar-refractivity contribution in [3.05, 3.63) is 27.7 Å². The van der Waals surface area contributed by atoms with E-state index in [0.717, 1.165) is 4.47 Å². The van der Waals surface area contributed by atoms with Crippen molar-refractivity contribution >= 4 is 39.2 Å². The summed E-state index contributed by atoms with van der Waals surface area (Å²) in [5.41, 5.74) is 0.613. The Morgan fingerprint density at radius 2 is 2.05 bits per heavy atom. The Morgan fingerprint density at radius 3 is 2.63 bits per heavy atom. The smallest absolute Gasteiger partial charge is 0.322 e. The zero-order chi connectivity index (χ0) is 14.0. The number of nitrogens with one attached hydrogen (secondary N) is 1. The molecule has 1 heterocycles. The highest BCUT2D eigenvalue weighted by molar-refractivity contribution is 9.10. The van der Waals surface area contributed by atoms with Gasteiger partial charge in [0.1, 0.15) is 0 Å². The SMILES string of the molecule is C[C@@H]1CN(C(=O)Nc2ccc(Br)cc2Cl)C[C@@H](C)O1. The van der Waals surface area contributed by atoms with Crippen molar-refractivity contribution in [1.29, 1.82) is 0 Å². The van der Waals surface area contributed by atoms with Crippen LogP contribution in [-0.4, -0.2) is 36.2 Å². The number of morpholine rings is 1. The predicted octanol–water partition coefficient (Wildman–Crippen LogP) is 3.74. The number of carbonyl (C=O) groups excluding carboxylic acids is 1. The molecule has 104 valence electrons. The highest BCUT2D eigenvalue weighted by Crippen LogP contribution is 2.26. The summed E-state index contributed by atoms with van der Waals surface area (Å²) in [5.74, 6) is 0. The van der Waals surface area contributed by atoms with Crippen LogP contribution in [0, 0.1) is 0 Å². The maximum Gasteiger partial charge on any atom is 0.322 e. The summed E-state index contributed by atoms with van der Waals surface area (Å²) < 4.78 is 6.48. The summed E-state index contributed by atoms with van der Waals surface area (Å²) in [5, 5.41) is 3.34. The minimum atomic E-state index is -0.147. The van der Waals surface area contributed by atoms with Gasteiger partial charge in [-0.3, -0.25) is 0 Å². The fraction of sp³-hybridized carbons (Fsp3) is 0.462. The second-order valence-corrected chi connectivity index (χ2v) is 6.04. The van der Waals surface area contributed by atoms with Gasteiger partial charge < -0.3 is 15.0 Å². The van der Waals surface area contributed by atoms with Gasteiger partial charge in [0.15, 0.2) is 0 Å². The van der Waals surface area contributed by atoms with E-state index in [1.807, 2.05) is 19.9 Å². The molecule has 0 saturated carbocycles. The number of nitrogens with zero attached hydrogens (tertiary/aromatic N) is 1. The third-order valence-electron chi connectivity index (χ3n) is 2.88. The molecule has 2 atom stereocenters. The first-order valence-electron chi connectivity index (χ1n) is 6.12. The highest BCUT2D eigenvalue weighted by Gasteiger charge is 2.26. The quantitative estimate of drug-likeness (QED) is 0.841. The van der Waals surface area contributed by atoms with Gasteiger partial charge in [0.2, 0.25) is 0 Å². The van der Waals surface area contributed by atoms with Crippen molar-refractivity contribution in [2.75, 3.05) is 18.4 Å². The summed E-state index contributed by atoms with van der Waals surface area (Å²) >= 11 is 9.41. The third kappa shape index (κ3) is 3.84. The number of rotatable bonds is 1. The Hall–Kier alpha value is -0.780. The van der Waals surface area contributed by atoms with Crippen molar-refractivity contribution in [3.63, 3.8) is 0 Å². The molecular weight excluding hydrogens is 332 g/mol. The van der Waals surface area contributed by atoms with Crippen molar-refractivity contribution in [2.24, 2.45) is 0 Å². The van der Waals surface area contributed by atoms with Crippen LogP contribution in [0.4, 0.5) is 10.5 Å². The molecule has 1 aliphatic heterocycles. The van der Waals surface area contributed by atoms with Crippen LogP contribution in [0.5, 0.6) is 0 Å². The maximum atomic E-state index is 12.2. The number of amides is 2. The lowest BCUT2D eigenvalue weighted by Gasteiger charge is -2.35. The number of anilines is 1. The second kappa shape index (κ2) is 6.11. The van der Waals surface area contributed by atoms with Crippen LogP contribution >= 0.6 is 27.5 Å². The van der Waals surface area contributed by atoms with Gasteiger partial charge in [0, 0.05) is 17.6 Å². The molecule has 0 bridgehead atoms. The molecule has 0 spiro atoms. The van der Waals surface area contributed by atoms with Crippen LogP contribution in [0.25, 0.3) is 0 Å². The van der Waals surface area contributed by atoms with E-state index in [9.17, 15) is 4.79 Å². The lowest BCUT2D eigenvalue weighted by atomic mass is 10.2. The van der Waals surface area contributed by atoms with Gasteiger partial charge in [-0.2, -0.15) is 0 Å². The molecule has 0 aliphatic carbocycles. The first-order chi connectivity index (χ1) is 8.95. The van der Waals surface area contributed by atoms with Gasteiger partial charge in [-0.15, -0.1) is 0 Å². The van der Waals surface area contributed by atoms with Gasteiger partial charge in [0.25, 0.3) is 0 Å². The van der Waals surface area contributed by atoms with Crippen LogP contribution in [-0.2, 0) is 4.74 Å². The number of benzene rings is 1. The predicted molar refractivity (Wildman–Crippen MR) is 79.8 cm³/mol. The Bertz CT molecular complexity index is 474. The number of halogens is 2. The summed E-state index contributed by atoms with van der Waals surface area (Å²) in [6, 6.07) is 5.22. The normalized spacial score (nSPS) is 23.3. The van der Waals surface area contributed by atoms with Gasteiger partial charge in [-0.25, -0.2) is 4.79 Å². The summed E-state index contributed by atoms with van der Waals surface area (Å²) in [4.78, 5) is 13.9. The molecule has 1 aromatic carbocycles. The Balaban J connectivity index is 2.04. The van der Waals surface area contributed by atoms with Gasteiger partial charge >= 0.3 is 6.03 Å². The molecule has 1 N–H and O–H groups in total. The fourth-order valence-corrected chi connectivity index (χ4v) is 2.85. The molecule has 4 nitrogen and oxygen atoms in total. The van der Waals surface area contributed by atoms with Crippen molar-refractivity contribution < 1.29 is 9.53 Å². The zero-order valence-corrected chi connectivity index (χ0v) is 13.2. The molecule has 19 heavy (non-hydrogen) atoms. The fourth-order valence-electron chi connectivity index (χ4n) is 2.13. The first kappa shape index (κ1) is 14.6. The highest BCUT2D eigenvalue weighted by atomic mass is 79.9. The lowest BCUT2D eigenvalue weighted by Crippen LogP contribution is -2.49. The van der Waals surface area contributed by atoms with Crippen LogP contribution in [0.15, 0.2) is 22.7 Å². The van der Waals surface area contributed by atoms with Crippen LogP contribution < -0.4 is 5.32 Å². The number of urea groups is 1. The Morgan fingerprint density at radius 1 is 1.42 bits per heavy atom. The average Bonchev–Trinajstić information content (AvgIpc) is 2.31. The number of carbonyl (C=O) groups is 1. The molecule has 0 radical (unpaired) electrons. The topological polar surface area (TPSA) is 41.6 Å². The second-order valence-electron chi connectivity index (χ2n) is 4.72. The molecule has 1 saturated heterocycles. The molecular formula is C13H16BrClN2O2. The van der Waals surface area contributed by atoms with Gasteiger partial charge in [-0.05, 0) is 32.0 Å². The summed E-state index contributed by atoms with van der Waals surface area (Å²) in [7, 11) is 0. The largest absolute Gasteiger partial charge is 0.372 e. The first-order valence-corrected chi connectivity index (χ1v) is 7.29. The van der Waals surface area contributed by atoms with E-state index in [-0.39, 0.29) is 18.2 Å². The van der Waals surface area contributed by atoms with Crippen LogP contribution in [0.2, 0.25) is 5.02 Å².